The lowest BCUT2D eigenvalue weighted by Gasteiger charge is -2.09. The second-order valence-electron chi connectivity index (χ2n) is 4.10. The number of halogens is 4. The van der Waals surface area contributed by atoms with Crippen LogP contribution in [0.25, 0.3) is 0 Å². The zero-order valence-electron chi connectivity index (χ0n) is 10.4. The van der Waals surface area contributed by atoms with E-state index in [9.17, 15) is 21.6 Å². The molecule has 0 bridgehead atoms. The van der Waals surface area contributed by atoms with Crippen molar-refractivity contribution in [2.45, 2.75) is 11.4 Å². The first-order valence-electron chi connectivity index (χ1n) is 5.69. The van der Waals surface area contributed by atoms with E-state index in [1.54, 1.807) is 0 Å². The Labute approximate surface area is 124 Å². The Morgan fingerprint density at radius 1 is 1.05 bits per heavy atom. The van der Waals surface area contributed by atoms with Gasteiger partial charge in [0, 0.05) is 23.2 Å². The lowest BCUT2D eigenvalue weighted by Crippen LogP contribution is -2.25. The van der Waals surface area contributed by atoms with Gasteiger partial charge in [-0.1, -0.05) is 17.7 Å². The van der Waals surface area contributed by atoms with E-state index in [-0.39, 0.29) is 10.6 Å². The summed E-state index contributed by atoms with van der Waals surface area (Å²) in [6.45, 7) is -0.454. The van der Waals surface area contributed by atoms with Crippen molar-refractivity contribution in [3.05, 3.63) is 64.4 Å². The molecule has 0 spiro atoms. The van der Waals surface area contributed by atoms with Crippen LogP contribution in [0.4, 0.5) is 13.2 Å². The number of hydrogen-bond acceptors (Lipinski definition) is 2. The zero-order chi connectivity index (χ0) is 15.6. The molecule has 0 saturated carbocycles. The summed E-state index contributed by atoms with van der Waals surface area (Å²) in [6, 6.07) is 5.93. The summed E-state index contributed by atoms with van der Waals surface area (Å²) in [5.41, 5.74) is -0.0646. The Morgan fingerprint density at radius 2 is 1.76 bits per heavy atom. The Bertz CT molecular complexity index is 761. The van der Waals surface area contributed by atoms with E-state index in [4.69, 9.17) is 11.6 Å². The van der Waals surface area contributed by atoms with Crippen molar-refractivity contribution in [1.29, 1.82) is 0 Å². The maximum Gasteiger partial charge on any atom is 0.243 e. The number of nitrogens with one attached hydrogen (secondary N) is 1. The van der Waals surface area contributed by atoms with E-state index in [1.807, 2.05) is 4.72 Å². The van der Waals surface area contributed by atoms with E-state index in [0.29, 0.717) is 6.07 Å². The molecule has 0 aromatic heterocycles. The van der Waals surface area contributed by atoms with Crippen LogP contribution in [0.3, 0.4) is 0 Å². The molecule has 112 valence electrons. The fraction of sp³-hybridized carbons (Fsp3) is 0.0769. The smallest absolute Gasteiger partial charge is 0.207 e. The maximum absolute atomic E-state index is 13.5. The third kappa shape index (κ3) is 3.55. The second kappa shape index (κ2) is 6.05. The van der Waals surface area contributed by atoms with Crippen LogP contribution in [0.5, 0.6) is 0 Å². The molecule has 0 aliphatic rings. The summed E-state index contributed by atoms with van der Waals surface area (Å²) in [5.74, 6) is -2.82. The molecule has 0 saturated heterocycles. The maximum atomic E-state index is 13.5. The molecule has 0 radical (unpaired) electrons. The molecule has 8 heteroatoms. The number of sulfonamides is 1. The molecule has 2 aromatic carbocycles. The minimum absolute atomic E-state index is 0.0391. The predicted octanol–water partition coefficient (Wildman–Crippen LogP) is 3.24. The molecule has 0 amide bonds. The average molecular weight is 336 g/mol. The molecular formula is C13H9ClF3NO2S. The van der Waals surface area contributed by atoms with Crippen LogP contribution in [0.2, 0.25) is 5.02 Å². The fourth-order valence-corrected chi connectivity index (χ4v) is 2.92. The fourth-order valence-electron chi connectivity index (χ4n) is 1.64. The summed E-state index contributed by atoms with van der Waals surface area (Å²) in [7, 11) is -4.26. The molecule has 0 aliphatic heterocycles. The van der Waals surface area contributed by atoms with Crippen LogP contribution in [-0.2, 0) is 16.6 Å². The minimum atomic E-state index is -4.26. The van der Waals surface area contributed by atoms with Crippen LogP contribution in [0.15, 0.2) is 41.3 Å². The van der Waals surface area contributed by atoms with Gasteiger partial charge >= 0.3 is 0 Å². The van der Waals surface area contributed by atoms with Crippen LogP contribution in [-0.4, -0.2) is 8.42 Å². The van der Waals surface area contributed by atoms with Crippen LogP contribution < -0.4 is 4.72 Å². The Kier molecular flexibility index (Phi) is 4.55. The number of hydrogen-bond donors (Lipinski definition) is 1. The Morgan fingerprint density at radius 3 is 2.38 bits per heavy atom. The Balaban J connectivity index is 2.26. The highest BCUT2D eigenvalue weighted by atomic mass is 35.5. The van der Waals surface area contributed by atoms with Gasteiger partial charge in [0.1, 0.15) is 22.3 Å². The van der Waals surface area contributed by atoms with Crippen LogP contribution in [0, 0.1) is 17.5 Å². The van der Waals surface area contributed by atoms with Crippen molar-refractivity contribution in [3.8, 4) is 0 Å². The van der Waals surface area contributed by atoms with E-state index in [0.717, 1.165) is 18.2 Å². The predicted molar refractivity (Wildman–Crippen MR) is 71.8 cm³/mol. The molecular weight excluding hydrogens is 327 g/mol. The van der Waals surface area contributed by atoms with Crippen LogP contribution >= 0.6 is 11.6 Å². The SMILES string of the molecule is O=S(=O)(NCc1c(F)cccc1Cl)c1ccc(F)cc1F. The highest BCUT2D eigenvalue weighted by Crippen LogP contribution is 2.20. The van der Waals surface area contributed by atoms with Gasteiger partial charge < -0.3 is 0 Å². The summed E-state index contributed by atoms with van der Waals surface area (Å²) >= 11 is 5.76. The third-order valence-corrected chi connectivity index (χ3v) is 4.47. The minimum Gasteiger partial charge on any atom is -0.207 e. The molecule has 3 nitrogen and oxygen atoms in total. The van der Waals surface area contributed by atoms with Gasteiger partial charge in [0.15, 0.2) is 0 Å². The van der Waals surface area contributed by atoms with Gasteiger partial charge in [0.2, 0.25) is 10.0 Å². The first-order valence-corrected chi connectivity index (χ1v) is 7.55. The monoisotopic (exact) mass is 335 g/mol. The molecule has 0 aliphatic carbocycles. The van der Waals surface area contributed by atoms with Gasteiger partial charge in [0.25, 0.3) is 0 Å². The average Bonchev–Trinajstić information content (AvgIpc) is 2.37. The van der Waals surface area contributed by atoms with E-state index >= 15 is 0 Å². The molecule has 2 aromatic rings. The van der Waals surface area contributed by atoms with Crippen molar-refractivity contribution in [3.63, 3.8) is 0 Å². The van der Waals surface area contributed by atoms with Crippen molar-refractivity contribution in [2.75, 3.05) is 0 Å². The van der Waals surface area contributed by atoms with Gasteiger partial charge in [-0.05, 0) is 24.3 Å². The molecule has 0 heterocycles. The summed E-state index contributed by atoms with van der Waals surface area (Å²) < 4.78 is 65.6. The van der Waals surface area contributed by atoms with Crippen molar-refractivity contribution in [2.24, 2.45) is 0 Å². The van der Waals surface area contributed by atoms with Gasteiger partial charge in [-0.15, -0.1) is 0 Å². The first kappa shape index (κ1) is 15.8. The van der Waals surface area contributed by atoms with Gasteiger partial charge in [-0.25, -0.2) is 26.3 Å². The second-order valence-corrected chi connectivity index (χ2v) is 6.24. The standard InChI is InChI=1S/C13H9ClF3NO2S/c14-10-2-1-3-11(16)9(10)7-18-21(19,20)13-5-4-8(15)6-12(13)17/h1-6,18H,7H2. The molecule has 0 unspecified atom stereocenters. The van der Waals surface area contributed by atoms with E-state index in [1.165, 1.54) is 12.1 Å². The lowest BCUT2D eigenvalue weighted by molar-refractivity contribution is 0.541. The van der Waals surface area contributed by atoms with E-state index in [2.05, 4.69) is 0 Å². The first-order chi connectivity index (χ1) is 9.81. The summed E-state index contributed by atoms with van der Waals surface area (Å²) in [4.78, 5) is -0.726. The van der Waals surface area contributed by atoms with Crippen molar-refractivity contribution in [1.82, 2.24) is 4.72 Å². The lowest BCUT2D eigenvalue weighted by atomic mass is 10.2. The normalized spacial score (nSPS) is 11.6. The molecule has 2 rings (SSSR count). The van der Waals surface area contributed by atoms with Crippen LogP contribution in [0.1, 0.15) is 5.56 Å². The summed E-state index contributed by atoms with van der Waals surface area (Å²) in [6.07, 6.45) is 0. The zero-order valence-corrected chi connectivity index (χ0v) is 12.0. The molecule has 0 fully saturated rings. The van der Waals surface area contributed by atoms with Crippen molar-refractivity contribution >= 4 is 21.6 Å². The third-order valence-electron chi connectivity index (χ3n) is 2.68. The summed E-state index contributed by atoms with van der Waals surface area (Å²) in [5, 5.41) is 0.0391. The quantitative estimate of drug-likeness (QED) is 0.932. The van der Waals surface area contributed by atoms with E-state index < -0.39 is 38.9 Å². The number of rotatable bonds is 4. The molecule has 21 heavy (non-hydrogen) atoms. The Hall–Kier alpha value is -1.57. The van der Waals surface area contributed by atoms with Gasteiger partial charge in [-0.3, -0.25) is 0 Å². The van der Waals surface area contributed by atoms with Crippen molar-refractivity contribution < 1.29 is 21.6 Å². The van der Waals surface area contributed by atoms with Gasteiger partial charge in [-0.2, -0.15) is 0 Å². The largest absolute Gasteiger partial charge is 0.243 e. The highest BCUT2D eigenvalue weighted by Gasteiger charge is 2.20. The topological polar surface area (TPSA) is 46.2 Å². The molecule has 1 N–H and O–H groups in total. The highest BCUT2D eigenvalue weighted by molar-refractivity contribution is 7.89. The molecule has 0 atom stereocenters. The number of benzene rings is 2. The van der Waals surface area contributed by atoms with Gasteiger partial charge in [0.05, 0.1) is 0 Å².